The summed E-state index contributed by atoms with van der Waals surface area (Å²) in [6.07, 6.45) is 0. The lowest BCUT2D eigenvalue weighted by Crippen LogP contribution is -2.47. The van der Waals surface area contributed by atoms with Crippen molar-refractivity contribution >= 4 is 33.6 Å². The SMILES string of the molecule is Cc1nc2ccccc2nc1N1CCN(c2ccc3ccccc3n2)CC1. The van der Waals surface area contributed by atoms with Gasteiger partial charge in [-0.25, -0.2) is 15.0 Å². The number of para-hydroxylation sites is 3. The lowest BCUT2D eigenvalue weighted by molar-refractivity contribution is 0.641. The molecule has 1 fully saturated rings. The smallest absolute Gasteiger partial charge is 0.150 e. The van der Waals surface area contributed by atoms with Crippen molar-refractivity contribution in [2.24, 2.45) is 0 Å². The van der Waals surface area contributed by atoms with Crippen LogP contribution in [0, 0.1) is 6.92 Å². The first kappa shape index (κ1) is 16.0. The number of piperazine rings is 1. The van der Waals surface area contributed by atoms with Crippen LogP contribution in [0.25, 0.3) is 21.9 Å². The standard InChI is InChI=1S/C22H21N5/c1-16-22(25-20-9-5-4-8-19(20)23-16)27-14-12-26(13-15-27)21-11-10-17-6-2-3-7-18(17)24-21/h2-11H,12-15H2,1H3. The van der Waals surface area contributed by atoms with E-state index in [1.165, 1.54) is 5.39 Å². The van der Waals surface area contributed by atoms with Crippen molar-refractivity contribution in [3.8, 4) is 0 Å². The van der Waals surface area contributed by atoms with E-state index in [2.05, 4.69) is 40.1 Å². The molecule has 0 N–H and O–H groups in total. The van der Waals surface area contributed by atoms with Gasteiger partial charge in [0.2, 0.25) is 0 Å². The first-order valence-electron chi connectivity index (χ1n) is 9.37. The number of pyridine rings is 1. The fourth-order valence-electron chi connectivity index (χ4n) is 3.76. The van der Waals surface area contributed by atoms with Crippen molar-refractivity contribution in [2.75, 3.05) is 36.0 Å². The maximum Gasteiger partial charge on any atom is 0.150 e. The first-order valence-corrected chi connectivity index (χ1v) is 9.37. The molecule has 1 aliphatic rings. The van der Waals surface area contributed by atoms with Crippen LogP contribution in [0.1, 0.15) is 5.69 Å². The van der Waals surface area contributed by atoms with Gasteiger partial charge in [0, 0.05) is 31.6 Å². The maximum atomic E-state index is 4.87. The van der Waals surface area contributed by atoms with Gasteiger partial charge in [-0.05, 0) is 37.3 Å². The predicted octanol–water partition coefficient (Wildman–Crippen LogP) is 3.81. The van der Waals surface area contributed by atoms with Gasteiger partial charge in [-0.15, -0.1) is 0 Å². The third-order valence-corrected chi connectivity index (χ3v) is 5.21. The molecular weight excluding hydrogens is 334 g/mol. The zero-order valence-corrected chi connectivity index (χ0v) is 15.3. The highest BCUT2D eigenvalue weighted by atomic mass is 15.3. The second kappa shape index (κ2) is 6.50. The van der Waals surface area contributed by atoms with E-state index >= 15 is 0 Å². The van der Waals surface area contributed by atoms with E-state index in [0.717, 1.165) is 60.1 Å². The van der Waals surface area contributed by atoms with Gasteiger partial charge in [0.05, 0.1) is 22.2 Å². The Morgan fingerprint density at radius 2 is 1.26 bits per heavy atom. The van der Waals surface area contributed by atoms with E-state index in [4.69, 9.17) is 15.0 Å². The van der Waals surface area contributed by atoms with Crippen LogP contribution in [0.4, 0.5) is 11.6 Å². The average molecular weight is 355 g/mol. The summed E-state index contributed by atoms with van der Waals surface area (Å²) in [6, 6.07) is 20.6. The zero-order chi connectivity index (χ0) is 18.2. The second-order valence-corrected chi connectivity index (χ2v) is 6.96. The van der Waals surface area contributed by atoms with Crippen LogP contribution in [-0.4, -0.2) is 41.1 Å². The summed E-state index contributed by atoms with van der Waals surface area (Å²) in [7, 11) is 0. The normalized spacial score (nSPS) is 14.9. The Labute approximate surface area is 158 Å². The van der Waals surface area contributed by atoms with Crippen LogP contribution in [0.5, 0.6) is 0 Å². The van der Waals surface area contributed by atoms with E-state index in [1.54, 1.807) is 0 Å². The van der Waals surface area contributed by atoms with Crippen molar-refractivity contribution in [1.82, 2.24) is 15.0 Å². The second-order valence-electron chi connectivity index (χ2n) is 6.96. The highest BCUT2D eigenvalue weighted by Gasteiger charge is 2.21. The summed E-state index contributed by atoms with van der Waals surface area (Å²) in [5.41, 5.74) is 3.95. The summed E-state index contributed by atoms with van der Waals surface area (Å²) in [4.78, 5) is 19.1. The van der Waals surface area contributed by atoms with Crippen LogP contribution in [0.3, 0.4) is 0 Å². The molecule has 2 aromatic carbocycles. The third-order valence-electron chi connectivity index (χ3n) is 5.21. The van der Waals surface area contributed by atoms with Gasteiger partial charge in [0.1, 0.15) is 5.82 Å². The number of fused-ring (bicyclic) bond motifs is 2. The molecule has 0 aliphatic carbocycles. The van der Waals surface area contributed by atoms with E-state index in [-0.39, 0.29) is 0 Å². The molecule has 1 aliphatic heterocycles. The van der Waals surface area contributed by atoms with E-state index in [0.29, 0.717) is 0 Å². The van der Waals surface area contributed by atoms with Gasteiger partial charge >= 0.3 is 0 Å². The first-order chi connectivity index (χ1) is 13.3. The Morgan fingerprint density at radius 3 is 2.04 bits per heavy atom. The van der Waals surface area contributed by atoms with Crippen LogP contribution in [0.2, 0.25) is 0 Å². The lowest BCUT2D eigenvalue weighted by atomic mass is 10.2. The molecule has 0 unspecified atom stereocenters. The molecule has 3 heterocycles. The molecule has 0 atom stereocenters. The van der Waals surface area contributed by atoms with Gasteiger partial charge in [0.25, 0.3) is 0 Å². The van der Waals surface area contributed by atoms with Crippen molar-refractivity contribution < 1.29 is 0 Å². The minimum absolute atomic E-state index is 0.919. The summed E-state index contributed by atoms with van der Waals surface area (Å²) in [5, 5.41) is 1.18. The van der Waals surface area contributed by atoms with Crippen LogP contribution < -0.4 is 9.80 Å². The zero-order valence-electron chi connectivity index (χ0n) is 15.3. The van der Waals surface area contributed by atoms with Crippen molar-refractivity contribution in [3.63, 3.8) is 0 Å². The fraction of sp³-hybridized carbons (Fsp3) is 0.227. The van der Waals surface area contributed by atoms with E-state index in [1.807, 2.05) is 37.3 Å². The van der Waals surface area contributed by atoms with Gasteiger partial charge in [-0.3, -0.25) is 0 Å². The maximum absolute atomic E-state index is 4.87. The minimum atomic E-state index is 0.919. The van der Waals surface area contributed by atoms with Gasteiger partial charge in [-0.1, -0.05) is 30.3 Å². The molecule has 134 valence electrons. The highest BCUT2D eigenvalue weighted by Crippen LogP contribution is 2.23. The van der Waals surface area contributed by atoms with E-state index in [9.17, 15) is 0 Å². The molecule has 2 aromatic heterocycles. The number of nitrogens with zero attached hydrogens (tertiary/aromatic N) is 5. The topological polar surface area (TPSA) is 45.2 Å². The third kappa shape index (κ3) is 2.95. The largest absolute Gasteiger partial charge is 0.353 e. The lowest BCUT2D eigenvalue weighted by Gasteiger charge is -2.36. The highest BCUT2D eigenvalue weighted by molar-refractivity contribution is 5.80. The van der Waals surface area contributed by atoms with Crippen LogP contribution in [0.15, 0.2) is 60.7 Å². The molecule has 4 aromatic rings. The molecular formula is C22H21N5. The number of aromatic nitrogens is 3. The number of rotatable bonds is 2. The summed E-state index contributed by atoms with van der Waals surface area (Å²) in [5.74, 6) is 2.05. The molecule has 1 saturated heterocycles. The Kier molecular flexibility index (Phi) is 3.85. The van der Waals surface area contributed by atoms with Gasteiger partial charge in [0.15, 0.2) is 5.82 Å². The molecule has 0 amide bonds. The van der Waals surface area contributed by atoms with Crippen molar-refractivity contribution in [1.29, 1.82) is 0 Å². The van der Waals surface area contributed by atoms with Crippen LogP contribution >= 0.6 is 0 Å². The Morgan fingerprint density at radius 1 is 0.630 bits per heavy atom. The quantitative estimate of drug-likeness (QED) is 0.547. The van der Waals surface area contributed by atoms with Gasteiger partial charge < -0.3 is 9.80 Å². The van der Waals surface area contributed by atoms with E-state index < -0.39 is 0 Å². The number of hydrogen-bond acceptors (Lipinski definition) is 5. The molecule has 0 saturated carbocycles. The number of anilines is 2. The Balaban J connectivity index is 1.37. The Bertz CT molecular complexity index is 1120. The summed E-state index contributed by atoms with van der Waals surface area (Å²) < 4.78 is 0. The average Bonchev–Trinajstić information content (AvgIpc) is 2.73. The Hall–Kier alpha value is -3.21. The van der Waals surface area contributed by atoms with Crippen molar-refractivity contribution in [2.45, 2.75) is 6.92 Å². The molecule has 0 radical (unpaired) electrons. The monoisotopic (exact) mass is 355 g/mol. The molecule has 5 heteroatoms. The molecule has 5 nitrogen and oxygen atoms in total. The summed E-state index contributed by atoms with van der Waals surface area (Å²) >= 11 is 0. The van der Waals surface area contributed by atoms with Crippen LogP contribution in [-0.2, 0) is 0 Å². The predicted molar refractivity (Wildman–Crippen MR) is 110 cm³/mol. The molecule has 0 bridgehead atoms. The summed E-state index contributed by atoms with van der Waals surface area (Å²) in [6.45, 7) is 5.75. The van der Waals surface area contributed by atoms with Gasteiger partial charge in [-0.2, -0.15) is 0 Å². The number of aryl methyl sites for hydroxylation is 1. The molecule has 27 heavy (non-hydrogen) atoms. The number of benzene rings is 2. The number of hydrogen-bond donors (Lipinski definition) is 0. The minimum Gasteiger partial charge on any atom is -0.353 e. The fourth-order valence-corrected chi connectivity index (χ4v) is 3.76. The molecule has 0 spiro atoms. The van der Waals surface area contributed by atoms with Crippen molar-refractivity contribution in [3.05, 3.63) is 66.4 Å². The molecule has 5 rings (SSSR count).